The van der Waals surface area contributed by atoms with Gasteiger partial charge in [0.25, 0.3) is 0 Å². The molecule has 1 saturated carbocycles. The summed E-state index contributed by atoms with van der Waals surface area (Å²) in [7, 11) is 0. The monoisotopic (exact) mass is 281 g/mol. The van der Waals surface area contributed by atoms with Crippen LogP contribution < -0.4 is 0 Å². The van der Waals surface area contributed by atoms with Crippen LogP contribution in [-0.2, 0) is 16.0 Å². The maximum Gasteiger partial charge on any atom is 0.311 e. The summed E-state index contributed by atoms with van der Waals surface area (Å²) >= 11 is 1.70. The fraction of sp³-hybridized carbons (Fsp3) is 0.733. The molecule has 0 aliphatic heterocycles. The van der Waals surface area contributed by atoms with Gasteiger partial charge in [-0.2, -0.15) is 0 Å². The Morgan fingerprint density at radius 3 is 2.79 bits per heavy atom. The summed E-state index contributed by atoms with van der Waals surface area (Å²) in [5.74, 6) is 0.415. The molecule has 1 aliphatic carbocycles. The van der Waals surface area contributed by atoms with Crippen molar-refractivity contribution in [2.75, 3.05) is 6.61 Å². The smallest absolute Gasteiger partial charge is 0.311 e. The predicted molar refractivity (Wildman–Crippen MR) is 77.4 cm³/mol. The van der Waals surface area contributed by atoms with Crippen LogP contribution in [-0.4, -0.2) is 17.6 Å². The number of hydrogen-bond acceptors (Lipinski definition) is 4. The zero-order valence-electron chi connectivity index (χ0n) is 12.1. The van der Waals surface area contributed by atoms with Gasteiger partial charge in [0.1, 0.15) is 0 Å². The Balaban J connectivity index is 1.92. The Kier molecular flexibility index (Phi) is 4.61. The fourth-order valence-corrected chi connectivity index (χ4v) is 3.59. The van der Waals surface area contributed by atoms with Crippen LogP contribution in [0.4, 0.5) is 0 Å². The molecule has 0 atom stereocenters. The van der Waals surface area contributed by atoms with Crippen molar-refractivity contribution < 1.29 is 9.53 Å². The lowest BCUT2D eigenvalue weighted by Crippen LogP contribution is -2.20. The van der Waals surface area contributed by atoms with E-state index >= 15 is 0 Å². The molecule has 0 spiro atoms. The first-order chi connectivity index (χ1) is 9.00. The third-order valence-corrected chi connectivity index (χ3v) is 4.94. The maximum atomic E-state index is 11.4. The molecule has 106 valence electrons. The van der Waals surface area contributed by atoms with E-state index in [0.29, 0.717) is 24.4 Å². The van der Waals surface area contributed by atoms with Crippen molar-refractivity contribution in [1.82, 2.24) is 4.98 Å². The van der Waals surface area contributed by atoms with Crippen LogP contribution in [0.15, 0.2) is 5.38 Å². The Labute approximate surface area is 119 Å². The average Bonchev–Trinajstić information content (AvgIpc) is 2.77. The summed E-state index contributed by atoms with van der Waals surface area (Å²) in [6, 6.07) is 0. The molecule has 0 saturated heterocycles. The van der Waals surface area contributed by atoms with E-state index in [1.54, 1.807) is 11.3 Å². The van der Waals surface area contributed by atoms with Crippen LogP contribution in [0.5, 0.6) is 0 Å². The van der Waals surface area contributed by atoms with Crippen LogP contribution in [0.1, 0.15) is 63.1 Å². The van der Waals surface area contributed by atoms with Crippen molar-refractivity contribution in [1.29, 1.82) is 0 Å². The van der Waals surface area contributed by atoms with Crippen LogP contribution >= 0.6 is 11.3 Å². The summed E-state index contributed by atoms with van der Waals surface area (Å²) in [5.41, 5.74) is 1.35. The van der Waals surface area contributed by atoms with Gasteiger partial charge in [0.05, 0.1) is 23.7 Å². The van der Waals surface area contributed by atoms with E-state index in [1.165, 1.54) is 30.7 Å². The summed E-state index contributed by atoms with van der Waals surface area (Å²) in [6.45, 7) is 6.95. The molecule has 1 aromatic heterocycles. The Morgan fingerprint density at radius 2 is 2.16 bits per heavy atom. The maximum absolute atomic E-state index is 11.4. The molecule has 0 radical (unpaired) electrons. The van der Waals surface area contributed by atoms with Crippen molar-refractivity contribution in [3.8, 4) is 0 Å². The number of carbonyl (C=O) groups is 1. The van der Waals surface area contributed by atoms with Gasteiger partial charge < -0.3 is 4.74 Å². The molecule has 2 rings (SSSR count). The number of nitrogens with zero attached hydrogens (tertiary/aromatic N) is 1. The molecule has 0 amide bonds. The normalized spacial score (nSPS) is 19.3. The van der Waals surface area contributed by atoms with Crippen molar-refractivity contribution in [3.05, 3.63) is 16.1 Å². The first-order valence-electron chi connectivity index (χ1n) is 7.10. The van der Waals surface area contributed by atoms with E-state index in [0.717, 1.165) is 5.69 Å². The molecule has 1 fully saturated rings. The van der Waals surface area contributed by atoms with E-state index in [2.05, 4.69) is 18.8 Å². The zero-order chi connectivity index (χ0) is 13.9. The number of rotatable bonds is 4. The second-order valence-electron chi connectivity index (χ2n) is 6.10. The van der Waals surface area contributed by atoms with E-state index in [4.69, 9.17) is 4.74 Å². The lowest BCUT2D eigenvalue weighted by atomic mass is 9.73. The Morgan fingerprint density at radius 1 is 1.47 bits per heavy atom. The lowest BCUT2D eigenvalue weighted by Gasteiger charge is -2.33. The summed E-state index contributed by atoms with van der Waals surface area (Å²) in [5, 5.41) is 3.21. The molecular weight excluding hydrogens is 258 g/mol. The van der Waals surface area contributed by atoms with E-state index < -0.39 is 0 Å². The van der Waals surface area contributed by atoms with E-state index in [9.17, 15) is 4.79 Å². The van der Waals surface area contributed by atoms with Gasteiger partial charge in [0, 0.05) is 11.3 Å². The third kappa shape index (κ3) is 4.03. The Hall–Kier alpha value is -0.900. The Bertz CT molecular complexity index is 429. The highest BCUT2D eigenvalue weighted by atomic mass is 32.1. The SMILES string of the molecule is CCOC(=O)Cc1csc(C2CCC(C)(C)CC2)n1. The summed E-state index contributed by atoms with van der Waals surface area (Å²) < 4.78 is 4.95. The van der Waals surface area contributed by atoms with Gasteiger partial charge in [0.2, 0.25) is 0 Å². The first kappa shape index (κ1) is 14.5. The minimum Gasteiger partial charge on any atom is -0.466 e. The molecule has 4 heteroatoms. The largest absolute Gasteiger partial charge is 0.466 e. The van der Waals surface area contributed by atoms with Crippen LogP contribution in [0, 0.1) is 5.41 Å². The number of thiazole rings is 1. The first-order valence-corrected chi connectivity index (χ1v) is 7.98. The minimum absolute atomic E-state index is 0.177. The van der Waals surface area contributed by atoms with Gasteiger partial charge in [-0.1, -0.05) is 13.8 Å². The van der Waals surface area contributed by atoms with Gasteiger partial charge in [-0.25, -0.2) is 4.98 Å². The molecule has 0 N–H and O–H groups in total. The van der Waals surface area contributed by atoms with E-state index in [-0.39, 0.29) is 5.97 Å². The molecule has 0 aromatic carbocycles. The predicted octanol–water partition coefficient (Wildman–Crippen LogP) is 3.93. The molecule has 1 heterocycles. The van der Waals surface area contributed by atoms with Gasteiger partial charge in [0.15, 0.2) is 0 Å². The fourth-order valence-electron chi connectivity index (χ4n) is 2.60. The van der Waals surface area contributed by atoms with Gasteiger partial charge in [-0.05, 0) is 38.0 Å². The quantitative estimate of drug-likeness (QED) is 0.785. The highest BCUT2D eigenvalue weighted by Gasteiger charge is 2.29. The lowest BCUT2D eigenvalue weighted by molar-refractivity contribution is -0.142. The minimum atomic E-state index is -0.177. The molecular formula is C15H23NO2S. The molecule has 1 aliphatic rings. The van der Waals surface area contributed by atoms with Crippen LogP contribution in [0.2, 0.25) is 0 Å². The standard InChI is InChI=1S/C15H23NO2S/c1-4-18-13(17)9-12-10-19-14(16-12)11-5-7-15(2,3)8-6-11/h10-11H,4-9H2,1-3H3. The van der Waals surface area contributed by atoms with E-state index in [1.807, 2.05) is 12.3 Å². The van der Waals surface area contributed by atoms with Gasteiger partial charge >= 0.3 is 5.97 Å². The number of hydrogen-bond donors (Lipinski definition) is 0. The molecule has 1 aromatic rings. The zero-order valence-corrected chi connectivity index (χ0v) is 12.9. The topological polar surface area (TPSA) is 39.2 Å². The second-order valence-corrected chi connectivity index (χ2v) is 6.99. The van der Waals surface area contributed by atoms with Crippen molar-refractivity contribution in [2.24, 2.45) is 5.41 Å². The number of aromatic nitrogens is 1. The number of carbonyl (C=O) groups excluding carboxylic acids is 1. The van der Waals surface area contributed by atoms with Gasteiger partial charge in [-0.15, -0.1) is 11.3 Å². The molecule has 3 nitrogen and oxygen atoms in total. The summed E-state index contributed by atoms with van der Waals surface area (Å²) in [6.07, 6.45) is 5.29. The van der Waals surface area contributed by atoms with Crippen molar-refractivity contribution in [3.63, 3.8) is 0 Å². The van der Waals surface area contributed by atoms with Crippen molar-refractivity contribution >= 4 is 17.3 Å². The average molecular weight is 281 g/mol. The molecule has 0 bridgehead atoms. The third-order valence-electron chi connectivity index (χ3n) is 3.89. The highest BCUT2D eigenvalue weighted by molar-refractivity contribution is 7.09. The summed E-state index contributed by atoms with van der Waals surface area (Å²) in [4.78, 5) is 16.0. The number of ether oxygens (including phenoxy) is 1. The van der Waals surface area contributed by atoms with Crippen LogP contribution in [0.3, 0.4) is 0 Å². The molecule has 0 unspecified atom stereocenters. The van der Waals surface area contributed by atoms with Gasteiger partial charge in [-0.3, -0.25) is 4.79 Å². The highest BCUT2D eigenvalue weighted by Crippen LogP contribution is 2.42. The van der Waals surface area contributed by atoms with Crippen LogP contribution in [0.25, 0.3) is 0 Å². The molecule has 19 heavy (non-hydrogen) atoms. The van der Waals surface area contributed by atoms with Crippen molar-refractivity contribution in [2.45, 2.75) is 58.8 Å². The second kappa shape index (κ2) is 6.04. The number of esters is 1.